The number of carbonyl (C=O) groups is 1. The number of rotatable bonds is 3. The van der Waals surface area contributed by atoms with E-state index in [2.05, 4.69) is 4.99 Å². The highest BCUT2D eigenvalue weighted by Crippen LogP contribution is 2.20. The molecule has 0 saturated heterocycles. The van der Waals surface area contributed by atoms with E-state index in [-0.39, 0.29) is 5.56 Å². The largest absolute Gasteiger partial charge is 0.478 e. The highest BCUT2D eigenvalue weighted by atomic mass is 16.4. The molecular formula is C15H16N2O2. The smallest absolute Gasteiger partial charge is 0.335 e. The SMILES string of the molecule is Cc1cc(C(=O)O)ccc1N=Cc1ccc(C)n1C. The highest BCUT2D eigenvalue weighted by Gasteiger charge is 2.05. The van der Waals surface area contributed by atoms with Crippen molar-refractivity contribution < 1.29 is 9.90 Å². The van der Waals surface area contributed by atoms with Crippen LogP contribution in [0, 0.1) is 13.8 Å². The Balaban J connectivity index is 2.29. The predicted octanol–water partition coefficient (Wildman–Crippen LogP) is 3.09. The zero-order chi connectivity index (χ0) is 14.0. The van der Waals surface area contributed by atoms with Crippen LogP contribution in [0.4, 0.5) is 5.69 Å². The standard InChI is InChI=1S/C15H16N2O2/c1-10-8-12(15(18)19)5-7-14(10)16-9-13-6-4-11(2)17(13)3/h4-9H,1-3H3,(H,18,19). The number of benzene rings is 1. The lowest BCUT2D eigenvalue weighted by atomic mass is 10.1. The molecule has 98 valence electrons. The van der Waals surface area contributed by atoms with Gasteiger partial charge in [0, 0.05) is 12.7 Å². The molecule has 4 heteroatoms. The van der Waals surface area contributed by atoms with Gasteiger partial charge in [-0.25, -0.2) is 4.79 Å². The van der Waals surface area contributed by atoms with Crippen LogP contribution in [0.1, 0.15) is 27.3 Å². The lowest BCUT2D eigenvalue weighted by molar-refractivity contribution is 0.0697. The van der Waals surface area contributed by atoms with E-state index in [9.17, 15) is 4.79 Å². The topological polar surface area (TPSA) is 54.6 Å². The molecule has 2 aromatic rings. The lowest BCUT2D eigenvalue weighted by Gasteiger charge is -2.02. The van der Waals surface area contributed by atoms with Gasteiger partial charge < -0.3 is 9.67 Å². The van der Waals surface area contributed by atoms with Crippen LogP contribution in [0.3, 0.4) is 0 Å². The van der Waals surface area contributed by atoms with Crippen molar-refractivity contribution in [2.45, 2.75) is 13.8 Å². The zero-order valence-corrected chi connectivity index (χ0v) is 11.2. The molecule has 1 N–H and O–H groups in total. The summed E-state index contributed by atoms with van der Waals surface area (Å²) in [7, 11) is 1.98. The van der Waals surface area contributed by atoms with E-state index in [4.69, 9.17) is 5.11 Å². The molecule has 1 heterocycles. The van der Waals surface area contributed by atoms with E-state index in [0.717, 1.165) is 16.9 Å². The molecule has 1 aromatic carbocycles. The van der Waals surface area contributed by atoms with Crippen LogP contribution in [-0.4, -0.2) is 21.9 Å². The van der Waals surface area contributed by atoms with Gasteiger partial charge in [-0.2, -0.15) is 0 Å². The Morgan fingerprint density at radius 1 is 1.26 bits per heavy atom. The number of carboxylic acids is 1. The number of aromatic nitrogens is 1. The van der Waals surface area contributed by atoms with E-state index in [0.29, 0.717) is 0 Å². The van der Waals surface area contributed by atoms with Gasteiger partial charge >= 0.3 is 5.97 Å². The number of hydrogen-bond acceptors (Lipinski definition) is 2. The Labute approximate surface area is 112 Å². The molecule has 2 rings (SSSR count). The van der Waals surface area contributed by atoms with Gasteiger partial charge in [0.1, 0.15) is 0 Å². The van der Waals surface area contributed by atoms with Crippen LogP contribution in [0.5, 0.6) is 0 Å². The van der Waals surface area contributed by atoms with Gasteiger partial charge in [-0.05, 0) is 49.7 Å². The van der Waals surface area contributed by atoms with Crippen LogP contribution >= 0.6 is 0 Å². The van der Waals surface area contributed by atoms with E-state index in [1.165, 1.54) is 5.69 Å². The summed E-state index contributed by atoms with van der Waals surface area (Å²) in [6.07, 6.45) is 1.79. The van der Waals surface area contributed by atoms with E-state index in [1.54, 1.807) is 24.4 Å². The minimum Gasteiger partial charge on any atom is -0.478 e. The van der Waals surface area contributed by atoms with Crippen molar-refractivity contribution in [3.05, 3.63) is 52.8 Å². The molecule has 0 saturated carbocycles. The zero-order valence-electron chi connectivity index (χ0n) is 11.2. The monoisotopic (exact) mass is 256 g/mol. The summed E-state index contributed by atoms with van der Waals surface area (Å²) >= 11 is 0. The Hall–Kier alpha value is -2.36. The summed E-state index contributed by atoms with van der Waals surface area (Å²) in [5.74, 6) is -0.920. The first-order chi connectivity index (χ1) is 8.99. The molecule has 1 aromatic heterocycles. The summed E-state index contributed by atoms with van der Waals surface area (Å²) in [6.45, 7) is 3.89. The van der Waals surface area contributed by atoms with Crippen molar-refractivity contribution in [1.29, 1.82) is 0 Å². The molecule has 0 aliphatic carbocycles. The predicted molar refractivity (Wildman–Crippen MR) is 75.5 cm³/mol. The number of nitrogens with zero attached hydrogens (tertiary/aromatic N) is 2. The molecule has 0 fully saturated rings. The molecule has 0 spiro atoms. The van der Waals surface area contributed by atoms with Crippen molar-refractivity contribution >= 4 is 17.9 Å². The Bertz CT molecular complexity index is 654. The van der Waals surface area contributed by atoms with Gasteiger partial charge in [0.05, 0.1) is 23.2 Å². The average Bonchev–Trinajstić information content (AvgIpc) is 2.68. The lowest BCUT2D eigenvalue weighted by Crippen LogP contribution is -1.97. The number of carboxylic acid groups (broad SMARTS) is 1. The quantitative estimate of drug-likeness (QED) is 0.858. The summed E-state index contributed by atoms with van der Waals surface area (Å²) < 4.78 is 2.05. The molecule has 0 aliphatic heterocycles. The third kappa shape index (κ3) is 2.73. The van der Waals surface area contributed by atoms with Crippen LogP contribution in [0.25, 0.3) is 0 Å². The fourth-order valence-electron chi connectivity index (χ4n) is 1.83. The van der Waals surface area contributed by atoms with Gasteiger partial charge in [-0.1, -0.05) is 0 Å². The van der Waals surface area contributed by atoms with E-state index >= 15 is 0 Å². The minimum absolute atomic E-state index is 0.283. The maximum absolute atomic E-state index is 10.8. The third-order valence-electron chi connectivity index (χ3n) is 3.19. The minimum atomic E-state index is -0.920. The number of hydrogen-bond donors (Lipinski definition) is 1. The molecule has 0 amide bonds. The first-order valence-electron chi connectivity index (χ1n) is 5.99. The normalized spacial score (nSPS) is 11.1. The summed E-state index contributed by atoms with van der Waals surface area (Å²) in [6, 6.07) is 8.95. The second-order valence-corrected chi connectivity index (χ2v) is 4.52. The van der Waals surface area contributed by atoms with Crippen LogP contribution in [-0.2, 0) is 7.05 Å². The Morgan fingerprint density at radius 2 is 2.00 bits per heavy atom. The maximum Gasteiger partial charge on any atom is 0.335 e. The van der Waals surface area contributed by atoms with Crippen molar-refractivity contribution in [3.63, 3.8) is 0 Å². The molecule has 0 unspecified atom stereocenters. The average molecular weight is 256 g/mol. The van der Waals surface area contributed by atoms with Crippen LogP contribution in [0.2, 0.25) is 0 Å². The van der Waals surface area contributed by atoms with Crippen LogP contribution in [0.15, 0.2) is 35.3 Å². The maximum atomic E-state index is 10.8. The second kappa shape index (κ2) is 5.10. The molecule has 0 atom stereocenters. The van der Waals surface area contributed by atoms with E-state index in [1.807, 2.05) is 37.6 Å². The van der Waals surface area contributed by atoms with Crippen molar-refractivity contribution in [2.75, 3.05) is 0 Å². The van der Waals surface area contributed by atoms with Gasteiger partial charge in [0.25, 0.3) is 0 Å². The van der Waals surface area contributed by atoms with Gasteiger partial charge in [0.2, 0.25) is 0 Å². The first-order valence-corrected chi connectivity index (χ1v) is 5.99. The van der Waals surface area contributed by atoms with Crippen LogP contribution < -0.4 is 0 Å². The molecular weight excluding hydrogens is 240 g/mol. The third-order valence-corrected chi connectivity index (χ3v) is 3.19. The van der Waals surface area contributed by atoms with Crippen molar-refractivity contribution in [2.24, 2.45) is 12.0 Å². The fraction of sp³-hybridized carbons (Fsp3) is 0.200. The molecule has 4 nitrogen and oxygen atoms in total. The first kappa shape index (κ1) is 13.1. The number of aromatic carboxylic acids is 1. The Kier molecular flexibility index (Phi) is 3.51. The van der Waals surface area contributed by atoms with Gasteiger partial charge in [-0.3, -0.25) is 4.99 Å². The molecule has 0 radical (unpaired) electrons. The van der Waals surface area contributed by atoms with Gasteiger partial charge in [0.15, 0.2) is 0 Å². The molecule has 0 aliphatic rings. The molecule has 0 bridgehead atoms. The second-order valence-electron chi connectivity index (χ2n) is 4.52. The van der Waals surface area contributed by atoms with Crippen molar-refractivity contribution in [3.8, 4) is 0 Å². The highest BCUT2D eigenvalue weighted by molar-refractivity contribution is 5.89. The van der Waals surface area contributed by atoms with E-state index < -0.39 is 5.97 Å². The summed E-state index contributed by atoms with van der Waals surface area (Å²) in [4.78, 5) is 15.3. The van der Waals surface area contributed by atoms with Crippen molar-refractivity contribution in [1.82, 2.24) is 4.57 Å². The number of aryl methyl sites for hydroxylation is 2. The van der Waals surface area contributed by atoms with Gasteiger partial charge in [-0.15, -0.1) is 0 Å². The summed E-state index contributed by atoms with van der Waals surface area (Å²) in [5.41, 5.74) is 4.09. The fourth-order valence-corrected chi connectivity index (χ4v) is 1.83. The number of aliphatic imine (C=N–C) groups is 1. The molecule has 19 heavy (non-hydrogen) atoms. The Morgan fingerprint density at radius 3 is 2.53 bits per heavy atom. The summed E-state index contributed by atoms with van der Waals surface area (Å²) in [5, 5.41) is 8.91.